The zero-order valence-corrected chi connectivity index (χ0v) is 7.74. The van der Waals surface area contributed by atoms with E-state index in [0.29, 0.717) is 5.41 Å². The molecule has 0 radical (unpaired) electrons. The van der Waals surface area contributed by atoms with Crippen LogP contribution in [0, 0.1) is 17.3 Å². The van der Waals surface area contributed by atoms with Crippen molar-refractivity contribution in [2.75, 3.05) is 6.54 Å². The molecule has 2 heteroatoms. The molecule has 1 rings (SSSR count). The first-order valence-corrected chi connectivity index (χ1v) is 4.37. The summed E-state index contributed by atoms with van der Waals surface area (Å²) < 4.78 is 0. The van der Waals surface area contributed by atoms with E-state index in [1.54, 1.807) is 6.92 Å². The lowest BCUT2D eigenvalue weighted by Crippen LogP contribution is -2.24. The van der Waals surface area contributed by atoms with Crippen LogP contribution in [0.2, 0.25) is 0 Å². The van der Waals surface area contributed by atoms with Gasteiger partial charge in [0.15, 0.2) is 0 Å². The molecule has 1 N–H and O–H groups in total. The van der Waals surface area contributed by atoms with Crippen molar-refractivity contribution in [3.8, 4) is 11.8 Å². The van der Waals surface area contributed by atoms with Crippen LogP contribution in [-0.2, 0) is 4.79 Å². The number of nitrogens with one attached hydrogen (secondary N) is 1. The fourth-order valence-electron chi connectivity index (χ4n) is 1.10. The summed E-state index contributed by atoms with van der Waals surface area (Å²) in [6.07, 6.45) is 3.70. The lowest BCUT2D eigenvalue weighted by atomic mass is 10.1. The maximum atomic E-state index is 10.9. The van der Waals surface area contributed by atoms with Crippen LogP contribution < -0.4 is 5.32 Å². The lowest BCUT2D eigenvalue weighted by molar-refractivity contribution is -0.115. The van der Waals surface area contributed by atoms with Gasteiger partial charge >= 0.3 is 0 Å². The summed E-state index contributed by atoms with van der Waals surface area (Å²) in [4.78, 5) is 10.9. The number of carbonyl (C=O) groups excluding carboxylic acids is 1. The van der Waals surface area contributed by atoms with Crippen molar-refractivity contribution < 1.29 is 4.79 Å². The number of amides is 1. The molecule has 66 valence electrons. The minimum absolute atomic E-state index is 0.151. The highest BCUT2D eigenvalue weighted by Crippen LogP contribution is 2.47. The van der Waals surface area contributed by atoms with Gasteiger partial charge in [0, 0.05) is 6.54 Å². The highest BCUT2D eigenvalue weighted by Gasteiger charge is 2.36. The van der Waals surface area contributed by atoms with Crippen molar-refractivity contribution in [3.05, 3.63) is 0 Å². The second kappa shape index (κ2) is 3.62. The summed E-state index contributed by atoms with van der Waals surface area (Å²) in [7, 11) is 0. The lowest BCUT2D eigenvalue weighted by Gasteiger charge is -2.06. The average molecular weight is 165 g/mol. The SMILES string of the molecule is CC#CC(=O)NCCC1(C)CC1. The largest absolute Gasteiger partial charge is 0.345 e. The molecule has 12 heavy (non-hydrogen) atoms. The van der Waals surface area contributed by atoms with E-state index < -0.39 is 0 Å². The molecular formula is C10H15NO. The van der Waals surface area contributed by atoms with Gasteiger partial charge in [0.2, 0.25) is 0 Å². The third-order valence-electron chi connectivity index (χ3n) is 2.36. The second-order valence-corrected chi connectivity index (χ2v) is 3.69. The van der Waals surface area contributed by atoms with Crippen LogP contribution >= 0.6 is 0 Å². The summed E-state index contributed by atoms with van der Waals surface area (Å²) in [5, 5.41) is 2.77. The number of rotatable bonds is 3. The smallest absolute Gasteiger partial charge is 0.295 e. The van der Waals surface area contributed by atoms with Crippen molar-refractivity contribution in [2.24, 2.45) is 5.41 Å². The summed E-state index contributed by atoms with van der Waals surface area (Å²) >= 11 is 0. The van der Waals surface area contributed by atoms with Crippen LogP contribution in [-0.4, -0.2) is 12.5 Å². The molecule has 0 aromatic heterocycles. The monoisotopic (exact) mass is 165 g/mol. The van der Waals surface area contributed by atoms with Crippen molar-refractivity contribution in [3.63, 3.8) is 0 Å². The molecule has 1 amide bonds. The van der Waals surface area contributed by atoms with Gasteiger partial charge in [-0.25, -0.2) is 0 Å². The van der Waals surface area contributed by atoms with Crippen LogP contribution in [0.25, 0.3) is 0 Å². The first-order chi connectivity index (χ1) is 5.66. The summed E-state index contributed by atoms with van der Waals surface area (Å²) in [6.45, 7) is 4.69. The Hall–Kier alpha value is -0.970. The zero-order chi connectivity index (χ0) is 9.03. The van der Waals surface area contributed by atoms with E-state index in [2.05, 4.69) is 24.1 Å². The molecule has 0 bridgehead atoms. The minimum Gasteiger partial charge on any atom is -0.345 e. The van der Waals surface area contributed by atoms with E-state index in [0.717, 1.165) is 13.0 Å². The normalized spacial score (nSPS) is 17.5. The quantitative estimate of drug-likeness (QED) is 0.628. The van der Waals surface area contributed by atoms with Crippen molar-refractivity contribution in [1.82, 2.24) is 5.32 Å². The van der Waals surface area contributed by atoms with Crippen LogP contribution in [0.5, 0.6) is 0 Å². The Morgan fingerprint density at radius 3 is 2.75 bits per heavy atom. The molecule has 0 aromatic rings. The number of carbonyl (C=O) groups is 1. The van der Waals surface area contributed by atoms with Crippen molar-refractivity contribution >= 4 is 5.91 Å². The molecule has 0 unspecified atom stereocenters. The van der Waals surface area contributed by atoms with Gasteiger partial charge in [0.25, 0.3) is 5.91 Å². The highest BCUT2D eigenvalue weighted by molar-refractivity contribution is 5.93. The van der Waals surface area contributed by atoms with Gasteiger partial charge in [-0.05, 0) is 37.5 Å². The van der Waals surface area contributed by atoms with E-state index in [1.807, 2.05) is 0 Å². The Morgan fingerprint density at radius 1 is 1.58 bits per heavy atom. The van der Waals surface area contributed by atoms with E-state index in [9.17, 15) is 4.79 Å². The summed E-state index contributed by atoms with van der Waals surface area (Å²) in [6, 6.07) is 0. The van der Waals surface area contributed by atoms with E-state index in [1.165, 1.54) is 12.8 Å². The maximum absolute atomic E-state index is 10.9. The van der Waals surface area contributed by atoms with Crippen molar-refractivity contribution in [2.45, 2.75) is 33.1 Å². The molecule has 1 fully saturated rings. The number of hydrogen-bond donors (Lipinski definition) is 1. The highest BCUT2D eigenvalue weighted by atomic mass is 16.1. The fourth-order valence-corrected chi connectivity index (χ4v) is 1.10. The van der Waals surface area contributed by atoms with E-state index >= 15 is 0 Å². The predicted octanol–water partition coefficient (Wildman–Crippen LogP) is 1.32. The standard InChI is InChI=1S/C10H15NO/c1-3-4-9(12)11-8-7-10(2)5-6-10/h5-8H2,1-2H3,(H,11,12). The minimum atomic E-state index is -0.151. The Balaban J connectivity index is 2.08. The molecule has 0 spiro atoms. The predicted molar refractivity (Wildman–Crippen MR) is 48.4 cm³/mol. The molecule has 0 aromatic carbocycles. The summed E-state index contributed by atoms with van der Waals surface area (Å²) in [5.41, 5.74) is 0.521. The van der Waals surface area contributed by atoms with Crippen LogP contribution in [0.1, 0.15) is 33.1 Å². The molecular weight excluding hydrogens is 150 g/mol. The van der Waals surface area contributed by atoms with E-state index in [4.69, 9.17) is 0 Å². The molecule has 0 aliphatic heterocycles. The van der Waals surface area contributed by atoms with Crippen LogP contribution in [0.4, 0.5) is 0 Å². The molecule has 0 saturated heterocycles. The maximum Gasteiger partial charge on any atom is 0.295 e. The topological polar surface area (TPSA) is 29.1 Å². The van der Waals surface area contributed by atoms with Crippen molar-refractivity contribution in [1.29, 1.82) is 0 Å². The Labute approximate surface area is 73.7 Å². The van der Waals surface area contributed by atoms with E-state index in [-0.39, 0.29) is 5.91 Å². The Bertz CT molecular complexity index is 230. The van der Waals surface area contributed by atoms with Crippen LogP contribution in [0.3, 0.4) is 0 Å². The number of hydrogen-bond acceptors (Lipinski definition) is 1. The van der Waals surface area contributed by atoms with Gasteiger partial charge in [-0.1, -0.05) is 12.8 Å². The Morgan fingerprint density at radius 2 is 2.25 bits per heavy atom. The van der Waals surface area contributed by atoms with Gasteiger partial charge in [0.05, 0.1) is 0 Å². The van der Waals surface area contributed by atoms with Gasteiger partial charge in [-0.2, -0.15) is 0 Å². The second-order valence-electron chi connectivity index (χ2n) is 3.69. The third-order valence-corrected chi connectivity index (χ3v) is 2.36. The summed E-state index contributed by atoms with van der Waals surface area (Å²) in [5.74, 6) is 4.87. The Kier molecular flexibility index (Phi) is 2.75. The first kappa shape index (κ1) is 9.12. The third kappa shape index (κ3) is 2.96. The molecule has 1 saturated carbocycles. The van der Waals surface area contributed by atoms with Crippen LogP contribution in [0.15, 0.2) is 0 Å². The first-order valence-electron chi connectivity index (χ1n) is 4.37. The van der Waals surface area contributed by atoms with Gasteiger partial charge < -0.3 is 5.32 Å². The van der Waals surface area contributed by atoms with Gasteiger partial charge in [-0.15, -0.1) is 0 Å². The molecule has 2 nitrogen and oxygen atoms in total. The fraction of sp³-hybridized carbons (Fsp3) is 0.700. The van der Waals surface area contributed by atoms with Gasteiger partial charge in [0.1, 0.15) is 0 Å². The molecule has 0 heterocycles. The molecule has 1 aliphatic carbocycles. The molecule has 0 atom stereocenters. The average Bonchev–Trinajstić information content (AvgIpc) is 2.69. The molecule has 1 aliphatic rings. The zero-order valence-electron chi connectivity index (χ0n) is 7.74. The van der Waals surface area contributed by atoms with Gasteiger partial charge in [-0.3, -0.25) is 4.79 Å².